The molecule has 3 rings (SSSR count). The molecule has 0 aliphatic heterocycles. The summed E-state index contributed by atoms with van der Waals surface area (Å²) >= 11 is 3.40. The third-order valence-corrected chi connectivity index (χ3v) is 5.25. The van der Waals surface area contributed by atoms with Gasteiger partial charge in [-0.05, 0) is 36.0 Å². The molecule has 0 aromatic heterocycles. The minimum absolute atomic E-state index is 0.360. The van der Waals surface area contributed by atoms with Gasteiger partial charge in [-0.1, -0.05) is 53.7 Å². The SMILES string of the molecule is O=C(O)C1(c2ccc(Br)cc2)CC1C1CCCC1. The number of benzene rings is 1. The Balaban J connectivity index is 1.90. The summed E-state index contributed by atoms with van der Waals surface area (Å²) in [6, 6.07) is 7.83. The van der Waals surface area contributed by atoms with E-state index in [1.165, 1.54) is 25.7 Å². The van der Waals surface area contributed by atoms with Crippen LogP contribution in [-0.2, 0) is 10.2 Å². The molecule has 2 fully saturated rings. The average molecular weight is 309 g/mol. The quantitative estimate of drug-likeness (QED) is 0.917. The van der Waals surface area contributed by atoms with Crippen molar-refractivity contribution in [3.63, 3.8) is 0 Å². The van der Waals surface area contributed by atoms with Crippen molar-refractivity contribution in [1.82, 2.24) is 0 Å². The van der Waals surface area contributed by atoms with Crippen molar-refractivity contribution in [3.05, 3.63) is 34.3 Å². The van der Waals surface area contributed by atoms with E-state index in [1.807, 2.05) is 24.3 Å². The molecule has 1 aromatic rings. The molecule has 0 saturated heterocycles. The van der Waals surface area contributed by atoms with E-state index in [0.717, 1.165) is 16.5 Å². The fourth-order valence-corrected chi connectivity index (χ4v) is 3.93. The van der Waals surface area contributed by atoms with Gasteiger partial charge in [-0.2, -0.15) is 0 Å². The molecule has 1 N–H and O–H groups in total. The zero-order valence-corrected chi connectivity index (χ0v) is 11.8. The lowest BCUT2D eigenvalue weighted by Crippen LogP contribution is -2.24. The Morgan fingerprint density at radius 2 is 1.83 bits per heavy atom. The van der Waals surface area contributed by atoms with Crippen LogP contribution >= 0.6 is 15.9 Å². The molecule has 0 bridgehead atoms. The summed E-state index contributed by atoms with van der Waals surface area (Å²) in [6.45, 7) is 0. The first-order chi connectivity index (χ1) is 8.64. The molecule has 2 atom stereocenters. The number of carboxylic acid groups (broad SMARTS) is 1. The van der Waals surface area contributed by atoms with Crippen molar-refractivity contribution in [2.75, 3.05) is 0 Å². The molecule has 3 heteroatoms. The summed E-state index contributed by atoms with van der Waals surface area (Å²) in [4.78, 5) is 11.7. The summed E-state index contributed by atoms with van der Waals surface area (Å²) in [5.74, 6) is 0.352. The third-order valence-electron chi connectivity index (χ3n) is 4.72. The number of carbonyl (C=O) groups is 1. The van der Waals surface area contributed by atoms with Gasteiger partial charge in [-0.25, -0.2) is 0 Å². The van der Waals surface area contributed by atoms with Gasteiger partial charge in [0, 0.05) is 4.47 Å². The molecule has 18 heavy (non-hydrogen) atoms. The van der Waals surface area contributed by atoms with Crippen molar-refractivity contribution >= 4 is 21.9 Å². The first kappa shape index (κ1) is 12.2. The van der Waals surface area contributed by atoms with Crippen LogP contribution in [0.3, 0.4) is 0 Å². The van der Waals surface area contributed by atoms with Gasteiger partial charge in [0.15, 0.2) is 0 Å². The Kier molecular flexibility index (Phi) is 2.97. The molecule has 2 unspecified atom stereocenters. The van der Waals surface area contributed by atoms with Crippen molar-refractivity contribution < 1.29 is 9.90 Å². The molecule has 1 aromatic carbocycles. The standard InChI is InChI=1S/C15H17BrO2/c16-12-7-5-11(6-8-12)15(14(17)18)9-13(15)10-3-1-2-4-10/h5-8,10,13H,1-4,9H2,(H,17,18). The molecular formula is C15H17BrO2. The summed E-state index contributed by atoms with van der Waals surface area (Å²) < 4.78 is 1.00. The lowest BCUT2D eigenvalue weighted by atomic mass is 9.87. The predicted molar refractivity (Wildman–Crippen MR) is 73.5 cm³/mol. The Hall–Kier alpha value is -0.830. The molecule has 2 aliphatic carbocycles. The van der Waals surface area contributed by atoms with E-state index in [-0.39, 0.29) is 0 Å². The highest BCUT2D eigenvalue weighted by molar-refractivity contribution is 9.10. The second-order valence-electron chi connectivity index (χ2n) is 5.64. The smallest absolute Gasteiger partial charge is 0.314 e. The molecule has 96 valence electrons. The zero-order chi connectivity index (χ0) is 12.8. The first-order valence-electron chi connectivity index (χ1n) is 6.64. The van der Waals surface area contributed by atoms with E-state index in [9.17, 15) is 9.90 Å². The Bertz CT molecular complexity index is 462. The topological polar surface area (TPSA) is 37.3 Å². The molecule has 2 nitrogen and oxygen atoms in total. The van der Waals surface area contributed by atoms with Crippen LogP contribution in [0.4, 0.5) is 0 Å². The van der Waals surface area contributed by atoms with Crippen LogP contribution in [0.2, 0.25) is 0 Å². The van der Waals surface area contributed by atoms with Gasteiger partial charge >= 0.3 is 5.97 Å². The highest BCUT2D eigenvalue weighted by atomic mass is 79.9. The monoisotopic (exact) mass is 308 g/mol. The minimum Gasteiger partial charge on any atom is -0.481 e. The van der Waals surface area contributed by atoms with Crippen molar-refractivity contribution in [2.45, 2.75) is 37.5 Å². The van der Waals surface area contributed by atoms with Gasteiger partial charge in [-0.15, -0.1) is 0 Å². The maximum Gasteiger partial charge on any atom is 0.314 e. The van der Waals surface area contributed by atoms with Crippen LogP contribution in [0.1, 0.15) is 37.7 Å². The molecular weight excluding hydrogens is 292 g/mol. The van der Waals surface area contributed by atoms with Crippen LogP contribution in [0.25, 0.3) is 0 Å². The maximum absolute atomic E-state index is 11.7. The van der Waals surface area contributed by atoms with E-state index in [0.29, 0.717) is 11.8 Å². The Morgan fingerprint density at radius 1 is 1.22 bits per heavy atom. The lowest BCUT2D eigenvalue weighted by molar-refractivity contribution is -0.140. The minimum atomic E-state index is -0.637. The Morgan fingerprint density at radius 3 is 2.39 bits per heavy atom. The van der Waals surface area contributed by atoms with E-state index in [1.54, 1.807) is 0 Å². The summed E-state index contributed by atoms with van der Waals surface area (Å²) in [5, 5.41) is 9.65. The summed E-state index contributed by atoms with van der Waals surface area (Å²) in [5.41, 5.74) is 0.394. The van der Waals surface area contributed by atoms with Gasteiger partial charge in [0.25, 0.3) is 0 Å². The zero-order valence-electron chi connectivity index (χ0n) is 10.2. The van der Waals surface area contributed by atoms with Gasteiger partial charge in [-0.3, -0.25) is 4.79 Å². The number of rotatable bonds is 3. The van der Waals surface area contributed by atoms with Gasteiger partial charge in [0.05, 0.1) is 5.41 Å². The molecule has 0 heterocycles. The largest absolute Gasteiger partial charge is 0.481 e. The number of hydrogen-bond donors (Lipinski definition) is 1. The molecule has 2 aliphatic rings. The number of carboxylic acids is 1. The van der Waals surface area contributed by atoms with Gasteiger partial charge < -0.3 is 5.11 Å². The van der Waals surface area contributed by atoms with Crippen molar-refractivity contribution in [2.24, 2.45) is 11.8 Å². The van der Waals surface area contributed by atoms with E-state index < -0.39 is 11.4 Å². The van der Waals surface area contributed by atoms with Crippen molar-refractivity contribution in [3.8, 4) is 0 Å². The molecule has 0 radical (unpaired) electrons. The van der Waals surface area contributed by atoms with Crippen LogP contribution in [0.15, 0.2) is 28.7 Å². The van der Waals surface area contributed by atoms with Crippen LogP contribution in [0.5, 0.6) is 0 Å². The summed E-state index contributed by atoms with van der Waals surface area (Å²) in [6.07, 6.45) is 5.81. The normalized spacial score (nSPS) is 31.5. The fraction of sp³-hybridized carbons (Fsp3) is 0.533. The van der Waals surface area contributed by atoms with E-state index in [4.69, 9.17) is 0 Å². The first-order valence-corrected chi connectivity index (χ1v) is 7.43. The lowest BCUT2D eigenvalue weighted by Gasteiger charge is -2.16. The summed E-state index contributed by atoms with van der Waals surface area (Å²) in [7, 11) is 0. The number of aliphatic carboxylic acids is 1. The fourth-order valence-electron chi connectivity index (χ4n) is 3.67. The second-order valence-corrected chi connectivity index (χ2v) is 6.55. The molecule has 0 spiro atoms. The molecule has 0 amide bonds. The number of halogens is 1. The van der Waals surface area contributed by atoms with E-state index >= 15 is 0 Å². The number of hydrogen-bond acceptors (Lipinski definition) is 1. The van der Waals surface area contributed by atoms with Crippen LogP contribution < -0.4 is 0 Å². The van der Waals surface area contributed by atoms with Crippen molar-refractivity contribution in [1.29, 1.82) is 0 Å². The average Bonchev–Trinajstić information content (AvgIpc) is 2.89. The highest BCUT2D eigenvalue weighted by Crippen LogP contribution is 2.61. The second kappa shape index (κ2) is 4.37. The van der Waals surface area contributed by atoms with Gasteiger partial charge in [0.2, 0.25) is 0 Å². The maximum atomic E-state index is 11.7. The highest BCUT2D eigenvalue weighted by Gasteiger charge is 2.63. The van der Waals surface area contributed by atoms with Gasteiger partial charge in [0.1, 0.15) is 0 Å². The Labute approximate surface area is 116 Å². The van der Waals surface area contributed by atoms with Crippen LogP contribution in [-0.4, -0.2) is 11.1 Å². The van der Waals surface area contributed by atoms with E-state index in [2.05, 4.69) is 15.9 Å². The molecule has 2 saturated carbocycles. The van der Waals surface area contributed by atoms with Crippen LogP contribution in [0, 0.1) is 11.8 Å². The third kappa shape index (κ3) is 1.80. The predicted octanol–water partition coefficient (Wildman–Crippen LogP) is 3.98.